The first kappa shape index (κ1) is 25.5. The molecule has 1 aliphatic heterocycles. The molecule has 0 bridgehead atoms. The number of hydrogen-bond acceptors (Lipinski definition) is 8. The number of primary sulfonamides is 1. The summed E-state index contributed by atoms with van der Waals surface area (Å²) in [6.07, 6.45) is 0.540. The van der Waals surface area contributed by atoms with Gasteiger partial charge in [0.05, 0.1) is 17.0 Å². The zero-order chi connectivity index (χ0) is 26.8. The Morgan fingerprint density at radius 1 is 1.11 bits per heavy atom. The van der Waals surface area contributed by atoms with Crippen LogP contribution in [0.25, 0.3) is 11.1 Å². The van der Waals surface area contributed by atoms with Gasteiger partial charge in [0.2, 0.25) is 15.6 Å². The summed E-state index contributed by atoms with van der Waals surface area (Å²) in [7, 11) is -3.98. The molecule has 0 spiro atoms. The molecule has 37 heavy (non-hydrogen) atoms. The van der Waals surface area contributed by atoms with E-state index in [9.17, 15) is 23.1 Å². The van der Waals surface area contributed by atoms with Gasteiger partial charge in [-0.1, -0.05) is 41.6 Å². The fourth-order valence-electron chi connectivity index (χ4n) is 3.85. The first-order valence-corrected chi connectivity index (χ1v) is 12.3. The lowest BCUT2D eigenvalue weighted by Gasteiger charge is -2.23. The van der Waals surface area contributed by atoms with Crippen molar-refractivity contribution in [2.24, 2.45) is 16.0 Å². The number of aliphatic carboxylic acids is 1. The summed E-state index contributed by atoms with van der Waals surface area (Å²) in [6, 6.07) is 15.7. The fraction of sp³-hybridized carbons (Fsp3) is 0.125. The number of carboxylic acids is 1. The average molecular weight is 523 g/mol. The van der Waals surface area contributed by atoms with Crippen molar-refractivity contribution in [3.8, 4) is 11.1 Å². The standard InChI is InChI=1S/C24H22N6O6S/c25-22(26)15-5-3-4-14(10-15)18-11-24(36-30-18,12-21(31)32)23(33)29-20-9-8-16(13-28-20)17-6-1-2-7-19(17)37(27,34)35/h1-10,13H,11-12H2,(H3,25,26)(H,31,32)(H2,27,34,35)(H,28,29,33). The number of nitrogen functional groups attached to an aromatic ring is 1. The quantitative estimate of drug-likeness (QED) is 0.216. The number of aromatic nitrogens is 1. The third kappa shape index (κ3) is 5.47. The lowest BCUT2D eigenvalue weighted by molar-refractivity contribution is -0.152. The van der Waals surface area contributed by atoms with E-state index in [0.717, 1.165) is 0 Å². The Bertz CT molecular complexity index is 1540. The van der Waals surface area contributed by atoms with Crippen LogP contribution in [0.5, 0.6) is 0 Å². The van der Waals surface area contributed by atoms with Gasteiger partial charge in [-0.15, -0.1) is 0 Å². The molecule has 1 aliphatic rings. The molecule has 1 unspecified atom stereocenters. The van der Waals surface area contributed by atoms with Gasteiger partial charge < -0.3 is 21.0 Å². The smallest absolute Gasteiger partial charge is 0.308 e. The summed E-state index contributed by atoms with van der Waals surface area (Å²) in [4.78, 5) is 34.3. The number of oxime groups is 1. The van der Waals surface area contributed by atoms with E-state index in [0.29, 0.717) is 28.0 Å². The van der Waals surface area contributed by atoms with Crippen LogP contribution < -0.4 is 16.2 Å². The number of nitrogens with one attached hydrogen (secondary N) is 2. The van der Waals surface area contributed by atoms with Crippen LogP contribution in [0.2, 0.25) is 0 Å². The topological polar surface area (TPSA) is 211 Å². The Labute approximate surface area is 211 Å². The molecule has 0 saturated carbocycles. The number of carbonyl (C=O) groups excluding carboxylic acids is 1. The van der Waals surface area contributed by atoms with Crippen molar-refractivity contribution >= 4 is 39.3 Å². The third-order valence-electron chi connectivity index (χ3n) is 5.65. The van der Waals surface area contributed by atoms with Crippen LogP contribution in [0.4, 0.5) is 5.82 Å². The van der Waals surface area contributed by atoms with E-state index < -0.39 is 33.9 Å². The molecule has 12 nitrogen and oxygen atoms in total. The molecule has 0 fully saturated rings. The Kier molecular flexibility index (Phi) is 6.74. The SMILES string of the molecule is N=C(N)c1cccc(C2=NOC(CC(=O)O)(C(=O)Nc3ccc(-c4ccccc4S(N)(=O)=O)cn3)C2)c1. The molecule has 2 heterocycles. The van der Waals surface area contributed by atoms with E-state index >= 15 is 0 Å². The van der Waals surface area contributed by atoms with Gasteiger partial charge in [0.1, 0.15) is 11.7 Å². The van der Waals surface area contributed by atoms with Crippen LogP contribution in [0.15, 0.2) is 76.9 Å². The van der Waals surface area contributed by atoms with Crippen LogP contribution >= 0.6 is 0 Å². The number of benzene rings is 2. The number of rotatable bonds is 8. The van der Waals surface area contributed by atoms with Crippen LogP contribution in [0, 0.1) is 5.41 Å². The molecule has 1 aromatic heterocycles. The fourth-order valence-corrected chi connectivity index (χ4v) is 4.61. The highest BCUT2D eigenvalue weighted by molar-refractivity contribution is 7.89. The predicted molar refractivity (Wildman–Crippen MR) is 134 cm³/mol. The molecule has 2 aromatic carbocycles. The van der Waals surface area contributed by atoms with E-state index in [-0.39, 0.29) is 23.0 Å². The first-order valence-electron chi connectivity index (χ1n) is 10.8. The molecule has 13 heteroatoms. The summed E-state index contributed by atoms with van der Waals surface area (Å²) < 4.78 is 23.8. The summed E-state index contributed by atoms with van der Waals surface area (Å²) in [5.41, 5.74) is 5.77. The summed E-state index contributed by atoms with van der Waals surface area (Å²) in [6.45, 7) is 0. The van der Waals surface area contributed by atoms with Crippen LogP contribution in [0.1, 0.15) is 24.0 Å². The Hall–Kier alpha value is -4.62. The van der Waals surface area contributed by atoms with Gasteiger partial charge in [-0.2, -0.15) is 0 Å². The second-order valence-electron chi connectivity index (χ2n) is 8.29. The van der Waals surface area contributed by atoms with E-state index in [1.54, 1.807) is 48.5 Å². The van der Waals surface area contributed by atoms with Crippen molar-refractivity contribution in [1.82, 2.24) is 4.98 Å². The second kappa shape index (κ2) is 9.79. The minimum Gasteiger partial charge on any atom is -0.481 e. The molecule has 7 N–H and O–H groups in total. The van der Waals surface area contributed by atoms with Gasteiger partial charge in [0, 0.05) is 34.9 Å². The highest BCUT2D eigenvalue weighted by atomic mass is 32.2. The number of sulfonamides is 1. The summed E-state index contributed by atoms with van der Waals surface area (Å²) >= 11 is 0. The molecular weight excluding hydrogens is 500 g/mol. The average Bonchev–Trinajstić information content (AvgIpc) is 3.29. The molecule has 190 valence electrons. The number of amides is 1. The maximum atomic E-state index is 13.2. The molecule has 0 saturated heterocycles. The van der Waals surface area contributed by atoms with Crippen molar-refractivity contribution in [3.63, 3.8) is 0 Å². The number of amidine groups is 1. The highest BCUT2D eigenvalue weighted by Crippen LogP contribution is 2.32. The minimum atomic E-state index is -3.98. The van der Waals surface area contributed by atoms with Gasteiger partial charge in [0.25, 0.3) is 5.91 Å². The monoisotopic (exact) mass is 522 g/mol. The van der Waals surface area contributed by atoms with E-state index in [1.807, 2.05) is 0 Å². The summed E-state index contributed by atoms with van der Waals surface area (Å²) in [5, 5.41) is 28.8. The normalized spacial score (nSPS) is 16.9. The first-order chi connectivity index (χ1) is 17.5. The van der Waals surface area contributed by atoms with Crippen LogP contribution in [-0.4, -0.2) is 47.5 Å². The Morgan fingerprint density at radius 3 is 2.51 bits per heavy atom. The maximum Gasteiger partial charge on any atom is 0.308 e. The van der Waals surface area contributed by atoms with E-state index in [4.69, 9.17) is 21.1 Å². The van der Waals surface area contributed by atoms with Crippen LogP contribution in [0.3, 0.4) is 0 Å². The lowest BCUT2D eigenvalue weighted by atomic mass is 9.89. The minimum absolute atomic E-state index is 0.0770. The van der Waals surface area contributed by atoms with Gasteiger partial charge in [-0.05, 0) is 24.3 Å². The highest BCUT2D eigenvalue weighted by Gasteiger charge is 2.49. The molecule has 3 aromatic rings. The van der Waals surface area contributed by atoms with Gasteiger partial charge in [0.15, 0.2) is 0 Å². The van der Waals surface area contributed by atoms with Crippen molar-refractivity contribution in [2.45, 2.75) is 23.3 Å². The number of anilines is 1. The Morgan fingerprint density at radius 2 is 1.86 bits per heavy atom. The molecule has 1 atom stereocenters. The van der Waals surface area contributed by atoms with Crippen molar-refractivity contribution < 1.29 is 28.0 Å². The largest absolute Gasteiger partial charge is 0.481 e. The number of carbonyl (C=O) groups is 2. The second-order valence-corrected chi connectivity index (χ2v) is 9.82. The van der Waals surface area contributed by atoms with E-state index in [1.165, 1.54) is 18.3 Å². The van der Waals surface area contributed by atoms with E-state index in [2.05, 4.69) is 15.5 Å². The maximum absolute atomic E-state index is 13.2. The third-order valence-corrected chi connectivity index (χ3v) is 6.62. The lowest BCUT2D eigenvalue weighted by Crippen LogP contribution is -2.45. The number of nitrogens with two attached hydrogens (primary N) is 2. The molecular formula is C24H22N6O6S. The van der Waals surface area contributed by atoms with Gasteiger partial charge in [-0.3, -0.25) is 15.0 Å². The van der Waals surface area contributed by atoms with Crippen LogP contribution in [-0.2, 0) is 24.4 Å². The number of pyridine rings is 1. The van der Waals surface area contributed by atoms with Crippen molar-refractivity contribution in [3.05, 3.63) is 78.0 Å². The van der Waals surface area contributed by atoms with Gasteiger partial charge in [-0.25, -0.2) is 18.5 Å². The zero-order valence-electron chi connectivity index (χ0n) is 19.2. The predicted octanol–water partition coefficient (Wildman–Crippen LogP) is 1.66. The number of nitrogens with zero attached hydrogens (tertiary/aromatic N) is 2. The molecule has 1 amide bonds. The number of hydrogen-bond donors (Lipinski definition) is 5. The molecule has 4 rings (SSSR count). The van der Waals surface area contributed by atoms with Gasteiger partial charge >= 0.3 is 5.97 Å². The molecule has 0 aliphatic carbocycles. The van der Waals surface area contributed by atoms with Crippen molar-refractivity contribution in [2.75, 3.05) is 5.32 Å². The summed E-state index contributed by atoms with van der Waals surface area (Å²) in [5.74, 6) is -2.12. The van der Waals surface area contributed by atoms with Crippen molar-refractivity contribution in [1.29, 1.82) is 5.41 Å². The number of carboxylic acid groups (broad SMARTS) is 1. The Balaban J connectivity index is 1.56. The zero-order valence-corrected chi connectivity index (χ0v) is 20.0. The molecule has 0 radical (unpaired) electrons.